The van der Waals surface area contributed by atoms with Crippen LogP contribution in [0.3, 0.4) is 0 Å². The highest BCUT2D eigenvalue weighted by atomic mass is 32.2. The number of hydrogen-bond donors (Lipinski definition) is 1. The van der Waals surface area contributed by atoms with Gasteiger partial charge in [-0.05, 0) is 43.0 Å². The summed E-state index contributed by atoms with van der Waals surface area (Å²) in [6.45, 7) is 3.67. The fourth-order valence-corrected chi connectivity index (χ4v) is 4.17. The average Bonchev–Trinajstić information content (AvgIpc) is 2.92. The summed E-state index contributed by atoms with van der Waals surface area (Å²) in [5.74, 6) is 0.349. The van der Waals surface area contributed by atoms with Crippen LogP contribution in [-0.2, 0) is 10.0 Å². The van der Waals surface area contributed by atoms with Crippen molar-refractivity contribution in [2.45, 2.75) is 24.8 Å². The van der Waals surface area contributed by atoms with E-state index in [9.17, 15) is 8.42 Å². The molecule has 0 bridgehead atoms. The van der Waals surface area contributed by atoms with Crippen LogP contribution in [-0.4, -0.2) is 15.5 Å². The van der Waals surface area contributed by atoms with Crippen LogP contribution in [0, 0.1) is 6.92 Å². The molecule has 0 spiro atoms. The Balaban J connectivity index is 2.33. The first-order valence-corrected chi connectivity index (χ1v) is 8.50. The van der Waals surface area contributed by atoms with Crippen LogP contribution in [0.15, 0.2) is 40.6 Å². The maximum atomic E-state index is 12.5. The smallest absolute Gasteiger partial charge is 0.244 e. The lowest BCUT2D eigenvalue weighted by molar-refractivity contribution is 0.402. The molecule has 2 rings (SSSR count). The van der Waals surface area contributed by atoms with Gasteiger partial charge in [0, 0.05) is 4.88 Å². The van der Waals surface area contributed by atoms with Crippen LogP contribution in [0.4, 0.5) is 0 Å². The molecule has 2 aromatic rings. The number of aryl methyl sites for hydroxylation is 1. The zero-order valence-corrected chi connectivity index (χ0v) is 13.2. The van der Waals surface area contributed by atoms with E-state index in [1.54, 1.807) is 12.1 Å². The SMILES string of the molecule is COc1ccc(C)cc1S(=O)(=O)NC(C)c1cccs1. The highest BCUT2D eigenvalue weighted by Gasteiger charge is 2.22. The van der Waals surface area contributed by atoms with Crippen molar-refractivity contribution in [3.63, 3.8) is 0 Å². The third-order valence-corrected chi connectivity index (χ3v) is 5.53. The van der Waals surface area contributed by atoms with Gasteiger partial charge in [-0.1, -0.05) is 12.1 Å². The maximum Gasteiger partial charge on any atom is 0.244 e. The van der Waals surface area contributed by atoms with E-state index >= 15 is 0 Å². The molecule has 0 radical (unpaired) electrons. The molecule has 0 aliphatic rings. The number of rotatable bonds is 5. The molecule has 0 aliphatic carbocycles. The zero-order valence-electron chi connectivity index (χ0n) is 11.6. The Kier molecular flexibility index (Phi) is 4.47. The molecule has 1 unspecified atom stereocenters. The minimum absolute atomic E-state index is 0.170. The van der Waals surface area contributed by atoms with Gasteiger partial charge in [0.2, 0.25) is 10.0 Å². The van der Waals surface area contributed by atoms with Gasteiger partial charge in [-0.3, -0.25) is 0 Å². The first kappa shape index (κ1) is 15.0. The van der Waals surface area contributed by atoms with Crippen LogP contribution in [0.25, 0.3) is 0 Å². The highest BCUT2D eigenvalue weighted by molar-refractivity contribution is 7.89. The minimum Gasteiger partial charge on any atom is -0.495 e. The summed E-state index contributed by atoms with van der Waals surface area (Å²) in [7, 11) is -2.15. The average molecular weight is 311 g/mol. The highest BCUT2D eigenvalue weighted by Crippen LogP contribution is 2.27. The normalized spacial score (nSPS) is 13.2. The lowest BCUT2D eigenvalue weighted by Gasteiger charge is -2.15. The summed E-state index contributed by atoms with van der Waals surface area (Å²) < 4.78 is 32.8. The van der Waals surface area contributed by atoms with Crippen molar-refractivity contribution in [1.29, 1.82) is 0 Å². The minimum atomic E-state index is -3.62. The van der Waals surface area contributed by atoms with Crippen LogP contribution < -0.4 is 9.46 Å². The number of hydrogen-bond acceptors (Lipinski definition) is 4. The Labute approximate surface area is 123 Å². The molecule has 1 N–H and O–H groups in total. The van der Waals surface area contributed by atoms with E-state index in [2.05, 4.69) is 4.72 Å². The number of thiophene rings is 1. The van der Waals surface area contributed by atoms with Gasteiger partial charge in [0.25, 0.3) is 0 Å². The van der Waals surface area contributed by atoms with Crippen LogP contribution in [0.2, 0.25) is 0 Å². The van der Waals surface area contributed by atoms with Crippen molar-refractivity contribution in [3.05, 3.63) is 46.2 Å². The van der Waals surface area contributed by atoms with Crippen molar-refractivity contribution in [3.8, 4) is 5.75 Å². The summed E-state index contributed by atoms with van der Waals surface area (Å²) >= 11 is 1.52. The molecule has 0 amide bonds. The fraction of sp³-hybridized carbons (Fsp3) is 0.286. The van der Waals surface area contributed by atoms with Crippen molar-refractivity contribution in [1.82, 2.24) is 4.72 Å². The third kappa shape index (κ3) is 3.20. The van der Waals surface area contributed by atoms with Gasteiger partial charge < -0.3 is 4.74 Å². The molecule has 20 heavy (non-hydrogen) atoms. The number of methoxy groups -OCH3 is 1. The molecule has 108 valence electrons. The molecule has 0 aliphatic heterocycles. The monoisotopic (exact) mass is 311 g/mol. The molecule has 0 saturated heterocycles. The first-order valence-electron chi connectivity index (χ1n) is 6.14. The maximum absolute atomic E-state index is 12.5. The molecule has 4 nitrogen and oxygen atoms in total. The number of sulfonamides is 1. The van der Waals surface area contributed by atoms with Crippen molar-refractivity contribution < 1.29 is 13.2 Å². The molecule has 1 heterocycles. The molecule has 0 saturated carbocycles. The third-order valence-electron chi connectivity index (χ3n) is 2.91. The topological polar surface area (TPSA) is 55.4 Å². The molecular weight excluding hydrogens is 294 g/mol. The van der Waals surface area contributed by atoms with E-state index in [1.807, 2.05) is 37.4 Å². The molecule has 1 atom stereocenters. The lowest BCUT2D eigenvalue weighted by atomic mass is 10.2. The van der Waals surface area contributed by atoms with Crippen molar-refractivity contribution in [2.75, 3.05) is 7.11 Å². The Morgan fingerprint density at radius 3 is 2.65 bits per heavy atom. The Morgan fingerprint density at radius 1 is 1.30 bits per heavy atom. The van der Waals surface area contributed by atoms with E-state index < -0.39 is 10.0 Å². The Morgan fingerprint density at radius 2 is 2.05 bits per heavy atom. The number of nitrogens with one attached hydrogen (secondary N) is 1. The summed E-state index contributed by atoms with van der Waals surface area (Å²) in [5.41, 5.74) is 0.870. The standard InChI is InChI=1S/C14H17NO3S2/c1-10-6-7-12(18-3)14(9-10)20(16,17)15-11(2)13-5-4-8-19-13/h4-9,11,15H,1-3H3. The predicted molar refractivity (Wildman–Crippen MR) is 80.8 cm³/mol. The van der Waals surface area contributed by atoms with Gasteiger partial charge in [0.1, 0.15) is 10.6 Å². The van der Waals surface area contributed by atoms with E-state index in [1.165, 1.54) is 18.4 Å². The van der Waals surface area contributed by atoms with Crippen LogP contribution in [0.1, 0.15) is 23.4 Å². The van der Waals surface area contributed by atoms with Crippen LogP contribution >= 0.6 is 11.3 Å². The second-order valence-electron chi connectivity index (χ2n) is 4.51. The summed E-state index contributed by atoms with van der Waals surface area (Å²) in [4.78, 5) is 1.14. The van der Waals surface area contributed by atoms with E-state index in [0.29, 0.717) is 5.75 Å². The summed E-state index contributed by atoms with van der Waals surface area (Å²) in [6, 6.07) is 8.64. The van der Waals surface area contributed by atoms with Crippen molar-refractivity contribution >= 4 is 21.4 Å². The number of benzene rings is 1. The zero-order chi connectivity index (χ0) is 14.8. The van der Waals surface area contributed by atoms with Gasteiger partial charge in [0.15, 0.2) is 0 Å². The van der Waals surface area contributed by atoms with E-state index in [-0.39, 0.29) is 10.9 Å². The van der Waals surface area contributed by atoms with Gasteiger partial charge in [-0.2, -0.15) is 0 Å². The Bertz CT molecular complexity index is 678. The predicted octanol–water partition coefficient (Wildman–Crippen LogP) is 3.10. The summed E-state index contributed by atoms with van der Waals surface area (Å²) in [5, 5.41) is 1.92. The lowest BCUT2D eigenvalue weighted by Crippen LogP contribution is -2.26. The molecule has 1 aromatic carbocycles. The molecule has 0 fully saturated rings. The van der Waals surface area contributed by atoms with E-state index in [0.717, 1.165) is 10.4 Å². The van der Waals surface area contributed by atoms with Gasteiger partial charge in [0.05, 0.1) is 13.2 Å². The Hall–Kier alpha value is -1.37. The molecule has 1 aromatic heterocycles. The van der Waals surface area contributed by atoms with Gasteiger partial charge in [-0.15, -0.1) is 11.3 Å². The summed E-state index contributed by atoms with van der Waals surface area (Å²) in [6.07, 6.45) is 0. The quantitative estimate of drug-likeness (QED) is 0.923. The second-order valence-corrected chi connectivity index (χ2v) is 7.17. The van der Waals surface area contributed by atoms with E-state index in [4.69, 9.17) is 4.74 Å². The molecular formula is C14H17NO3S2. The van der Waals surface area contributed by atoms with Gasteiger partial charge in [-0.25, -0.2) is 13.1 Å². The van der Waals surface area contributed by atoms with Gasteiger partial charge >= 0.3 is 0 Å². The van der Waals surface area contributed by atoms with Crippen molar-refractivity contribution in [2.24, 2.45) is 0 Å². The second kappa shape index (κ2) is 5.95. The largest absolute Gasteiger partial charge is 0.495 e. The first-order chi connectivity index (χ1) is 9.44. The number of ether oxygens (including phenoxy) is 1. The fourth-order valence-electron chi connectivity index (χ4n) is 1.89. The van der Waals surface area contributed by atoms with Crippen LogP contribution in [0.5, 0.6) is 5.75 Å². The molecule has 6 heteroatoms.